The van der Waals surface area contributed by atoms with Gasteiger partial charge in [0.2, 0.25) is 5.91 Å². The Morgan fingerprint density at radius 1 is 1.22 bits per heavy atom. The summed E-state index contributed by atoms with van der Waals surface area (Å²) < 4.78 is 6.71. The highest BCUT2D eigenvalue weighted by Crippen LogP contribution is 2.16. The maximum Gasteiger partial charge on any atom is 0.269 e. The molecule has 0 fully saturated rings. The van der Waals surface area contributed by atoms with Gasteiger partial charge in [-0.3, -0.25) is 14.3 Å². The van der Waals surface area contributed by atoms with E-state index < -0.39 is 0 Å². The monoisotopic (exact) mass is 316 g/mol. The number of nitrogens with zero attached hydrogens (tertiary/aromatic N) is 2. The minimum absolute atomic E-state index is 0.138. The molecule has 1 aromatic carbocycles. The predicted molar refractivity (Wildman–Crippen MR) is 85.0 cm³/mol. The van der Waals surface area contributed by atoms with E-state index in [2.05, 4.69) is 15.7 Å². The van der Waals surface area contributed by atoms with Gasteiger partial charge in [-0.25, -0.2) is 0 Å². The van der Waals surface area contributed by atoms with Crippen LogP contribution in [0.5, 0.6) is 5.75 Å². The van der Waals surface area contributed by atoms with Crippen LogP contribution in [0.2, 0.25) is 0 Å². The van der Waals surface area contributed by atoms with E-state index in [0.717, 1.165) is 11.3 Å². The number of carbonyl (C=O) groups is 2. The lowest BCUT2D eigenvalue weighted by atomic mass is 10.2. The van der Waals surface area contributed by atoms with E-state index in [1.54, 1.807) is 26.4 Å². The maximum atomic E-state index is 11.9. The average Bonchev–Trinajstić information content (AvgIpc) is 2.99. The third kappa shape index (κ3) is 4.57. The van der Waals surface area contributed by atoms with E-state index in [0.29, 0.717) is 12.2 Å². The fourth-order valence-electron chi connectivity index (χ4n) is 2.11. The lowest BCUT2D eigenvalue weighted by Crippen LogP contribution is -2.31. The van der Waals surface area contributed by atoms with Crippen molar-refractivity contribution in [1.29, 1.82) is 0 Å². The van der Waals surface area contributed by atoms with Gasteiger partial charge in [0.15, 0.2) is 0 Å². The summed E-state index contributed by atoms with van der Waals surface area (Å²) in [5, 5.41) is 9.42. The minimum Gasteiger partial charge on any atom is -0.496 e. The second-order valence-electron chi connectivity index (χ2n) is 4.93. The zero-order valence-electron chi connectivity index (χ0n) is 13.2. The number of carbonyl (C=O) groups excluding carboxylic acids is 2. The molecular weight excluding hydrogens is 296 g/mol. The SMILES string of the molecule is COc1ccccc1CNC(=O)CCNC(=O)c1ccnn1C. The van der Waals surface area contributed by atoms with E-state index in [4.69, 9.17) is 4.74 Å². The van der Waals surface area contributed by atoms with Crippen molar-refractivity contribution >= 4 is 11.8 Å². The summed E-state index contributed by atoms with van der Waals surface area (Å²) in [5.41, 5.74) is 1.36. The summed E-state index contributed by atoms with van der Waals surface area (Å²) >= 11 is 0. The first kappa shape index (κ1) is 16.5. The highest BCUT2D eigenvalue weighted by molar-refractivity contribution is 5.92. The number of para-hydroxylation sites is 1. The molecule has 0 radical (unpaired) electrons. The number of benzene rings is 1. The largest absolute Gasteiger partial charge is 0.496 e. The number of rotatable bonds is 7. The minimum atomic E-state index is -0.248. The standard InChI is InChI=1S/C16H20N4O3/c1-20-13(7-10-19-20)16(22)17-9-8-15(21)18-11-12-5-3-4-6-14(12)23-2/h3-7,10H,8-9,11H2,1-2H3,(H,17,22)(H,18,21). The van der Waals surface area contributed by atoms with Crippen LogP contribution in [0.25, 0.3) is 0 Å². The predicted octanol–water partition coefficient (Wildman–Crippen LogP) is 0.865. The first-order valence-corrected chi connectivity index (χ1v) is 7.26. The second kappa shape index (κ2) is 7.98. The Labute approximate surface area is 134 Å². The molecule has 0 aliphatic carbocycles. The molecule has 7 heteroatoms. The van der Waals surface area contributed by atoms with Crippen LogP contribution in [0.3, 0.4) is 0 Å². The second-order valence-corrected chi connectivity index (χ2v) is 4.93. The third-order valence-corrected chi connectivity index (χ3v) is 3.36. The molecule has 1 heterocycles. The van der Waals surface area contributed by atoms with Gasteiger partial charge in [-0.15, -0.1) is 0 Å². The molecule has 2 aromatic rings. The van der Waals surface area contributed by atoms with Crippen molar-refractivity contribution in [3.63, 3.8) is 0 Å². The number of aromatic nitrogens is 2. The fourth-order valence-corrected chi connectivity index (χ4v) is 2.11. The molecule has 2 N–H and O–H groups in total. The van der Waals surface area contributed by atoms with Gasteiger partial charge in [-0.05, 0) is 12.1 Å². The third-order valence-electron chi connectivity index (χ3n) is 3.36. The molecule has 122 valence electrons. The van der Waals surface area contributed by atoms with E-state index in [9.17, 15) is 9.59 Å². The molecule has 23 heavy (non-hydrogen) atoms. The molecule has 0 atom stereocenters. The van der Waals surface area contributed by atoms with Crippen molar-refractivity contribution in [3.05, 3.63) is 47.8 Å². The fraction of sp³-hybridized carbons (Fsp3) is 0.312. The molecule has 7 nitrogen and oxygen atoms in total. The van der Waals surface area contributed by atoms with E-state index in [-0.39, 0.29) is 24.8 Å². The zero-order valence-corrected chi connectivity index (χ0v) is 13.2. The average molecular weight is 316 g/mol. The number of ether oxygens (including phenoxy) is 1. The van der Waals surface area contributed by atoms with Crippen molar-refractivity contribution < 1.29 is 14.3 Å². The number of aryl methyl sites for hydroxylation is 1. The molecule has 1 aromatic heterocycles. The van der Waals surface area contributed by atoms with Gasteiger partial charge in [0, 0.05) is 38.3 Å². The number of methoxy groups -OCH3 is 1. The summed E-state index contributed by atoms with van der Waals surface area (Å²) in [4.78, 5) is 23.7. The molecule has 2 rings (SSSR count). The van der Waals surface area contributed by atoms with Crippen molar-refractivity contribution in [2.45, 2.75) is 13.0 Å². The Kier molecular flexibility index (Phi) is 5.74. The lowest BCUT2D eigenvalue weighted by molar-refractivity contribution is -0.121. The lowest BCUT2D eigenvalue weighted by Gasteiger charge is -2.10. The molecule has 0 unspecified atom stereocenters. The van der Waals surface area contributed by atoms with Crippen LogP contribution in [0, 0.1) is 0 Å². The van der Waals surface area contributed by atoms with Crippen LogP contribution >= 0.6 is 0 Å². The summed E-state index contributed by atoms with van der Waals surface area (Å²) in [6, 6.07) is 9.12. The number of hydrogen-bond donors (Lipinski definition) is 2. The molecule has 0 saturated heterocycles. The smallest absolute Gasteiger partial charge is 0.269 e. The van der Waals surface area contributed by atoms with Gasteiger partial charge in [-0.2, -0.15) is 5.10 Å². The van der Waals surface area contributed by atoms with E-state index in [1.807, 2.05) is 24.3 Å². The maximum absolute atomic E-state index is 11.9. The van der Waals surface area contributed by atoms with Crippen LogP contribution in [0.4, 0.5) is 0 Å². The van der Waals surface area contributed by atoms with Crippen molar-refractivity contribution in [2.75, 3.05) is 13.7 Å². The number of hydrogen-bond acceptors (Lipinski definition) is 4. The molecular formula is C16H20N4O3. The molecule has 0 saturated carbocycles. The van der Waals surface area contributed by atoms with Gasteiger partial charge in [0.05, 0.1) is 7.11 Å². The number of amides is 2. The normalized spacial score (nSPS) is 10.2. The molecule has 0 spiro atoms. The summed E-state index contributed by atoms with van der Waals surface area (Å²) in [6.45, 7) is 0.653. The van der Waals surface area contributed by atoms with Gasteiger partial charge < -0.3 is 15.4 Å². The molecule has 2 amide bonds. The Hall–Kier alpha value is -2.83. The van der Waals surface area contributed by atoms with E-state index in [1.165, 1.54) is 4.68 Å². The van der Waals surface area contributed by atoms with Crippen molar-refractivity contribution in [1.82, 2.24) is 20.4 Å². The van der Waals surface area contributed by atoms with Crippen LogP contribution in [0.1, 0.15) is 22.5 Å². The highest BCUT2D eigenvalue weighted by Gasteiger charge is 2.10. The molecule has 0 aliphatic rings. The van der Waals surface area contributed by atoms with E-state index >= 15 is 0 Å². The highest BCUT2D eigenvalue weighted by atomic mass is 16.5. The van der Waals surface area contributed by atoms with Gasteiger partial charge in [0.25, 0.3) is 5.91 Å². The Bertz CT molecular complexity index is 681. The quantitative estimate of drug-likeness (QED) is 0.793. The summed E-state index contributed by atoms with van der Waals surface area (Å²) in [5.74, 6) is 0.348. The number of nitrogens with one attached hydrogen (secondary N) is 2. The topological polar surface area (TPSA) is 85.2 Å². The van der Waals surface area contributed by atoms with Crippen LogP contribution in [0.15, 0.2) is 36.5 Å². The van der Waals surface area contributed by atoms with Gasteiger partial charge >= 0.3 is 0 Å². The van der Waals surface area contributed by atoms with Gasteiger partial charge in [0.1, 0.15) is 11.4 Å². The Morgan fingerprint density at radius 3 is 2.70 bits per heavy atom. The Balaban J connectivity index is 1.73. The molecule has 0 aliphatic heterocycles. The summed E-state index contributed by atoms with van der Waals surface area (Å²) in [7, 11) is 3.28. The Morgan fingerprint density at radius 2 is 2.00 bits per heavy atom. The first-order valence-electron chi connectivity index (χ1n) is 7.26. The van der Waals surface area contributed by atoms with Crippen LogP contribution < -0.4 is 15.4 Å². The molecule has 0 bridgehead atoms. The first-order chi connectivity index (χ1) is 11.1. The van der Waals surface area contributed by atoms with Crippen molar-refractivity contribution in [3.8, 4) is 5.75 Å². The van der Waals surface area contributed by atoms with Gasteiger partial charge in [-0.1, -0.05) is 18.2 Å². The van der Waals surface area contributed by atoms with Crippen LogP contribution in [-0.2, 0) is 18.4 Å². The van der Waals surface area contributed by atoms with Crippen molar-refractivity contribution in [2.24, 2.45) is 7.05 Å². The van der Waals surface area contributed by atoms with Crippen LogP contribution in [-0.4, -0.2) is 35.2 Å². The zero-order chi connectivity index (χ0) is 16.7. The summed E-state index contributed by atoms with van der Waals surface area (Å²) in [6.07, 6.45) is 1.76.